The van der Waals surface area contributed by atoms with Crippen molar-refractivity contribution in [3.05, 3.63) is 95.9 Å². The van der Waals surface area contributed by atoms with Crippen LogP contribution in [-0.2, 0) is 13.2 Å². The molecule has 2 aromatic carbocycles. The van der Waals surface area contributed by atoms with Crippen LogP contribution in [0, 0.1) is 0 Å². The zero-order valence-corrected chi connectivity index (χ0v) is 16.7. The minimum Gasteiger partial charge on any atom is -0.489 e. The second-order valence-electron chi connectivity index (χ2n) is 6.79. The molecule has 0 aliphatic heterocycles. The van der Waals surface area contributed by atoms with Gasteiger partial charge in [-0.25, -0.2) is 0 Å². The maximum Gasteiger partial charge on any atom is 0.276 e. The fourth-order valence-electron chi connectivity index (χ4n) is 3.05. The minimum absolute atomic E-state index is 0.191. The number of aromatic nitrogens is 1. The standard InChI is InChI=1S/C24H22N2O4/c1-2-26(24(27)21-15-23(30-25-21)22-9-6-14-28-22)16-18-10-12-20(13-11-18)29-17-19-7-4-3-5-8-19/h3-15H,2,16-17H2,1H3. The molecule has 0 aliphatic carbocycles. The molecule has 4 rings (SSSR count). The van der Waals surface area contributed by atoms with Crippen molar-refractivity contribution in [3.63, 3.8) is 0 Å². The maximum atomic E-state index is 12.8. The van der Waals surface area contributed by atoms with Crippen molar-refractivity contribution in [3.8, 4) is 17.3 Å². The van der Waals surface area contributed by atoms with Crippen LogP contribution in [0.1, 0.15) is 28.5 Å². The van der Waals surface area contributed by atoms with Gasteiger partial charge in [-0.1, -0.05) is 47.6 Å². The summed E-state index contributed by atoms with van der Waals surface area (Å²) in [6.07, 6.45) is 1.55. The molecule has 0 atom stereocenters. The Morgan fingerprint density at radius 1 is 0.967 bits per heavy atom. The van der Waals surface area contributed by atoms with Crippen LogP contribution in [0.3, 0.4) is 0 Å². The Hall–Kier alpha value is -3.80. The van der Waals surface area contributed by atoms with Crippen LogP contribution in [-0.4, -0.2) is 22.5 Å². The second kappa shape index (κ2) is 9.13. The van der Waals surface area contributed by atoms with E-state index >= 15 is 0 Å². The van der Waals surface area contributed by atoms with Gasteiger partial charge in [0.15, 0.2) is 11.5 Å². The lowest BCUT2D eigenvalue weighted by Gasteiger charge is -2.19. The number of hydrogen-bond donors (Lipinski definition) is 0. The SMILES string of the molecule is CCN(Cc1ccc(OCc2ccccc2)cc1)C(=O)c1cc(-c2ccco2)on1. The average molecular weight is 402 g/mol. The van der Waals surface area contributed by atoms with E-state index in [2.05, 4.69) is 5.16 Å². The molecule has 0 radical (unpaired) electrons. The highest BCUT2D eigenvalue weighted by Crippen LogP contribution is 2.22. The van der Waals surface area contributed by atoms with Gasteiger partial charge in [0.25, 0.3) is 5.91 Å². The zero-order valence-electron chi connectivity index (χ0n) is 16.7. The van der Waals surface area contributed by atoms with E-state index in [0.717, 1.165) is 16.9 Å². The topological polar surface area (TPSA) is 68.7 Å². The third-order valence-electron chi connectivity index (χ3n) is 4.71. The summed E-state index contributed by atoms with van der Waals surface area (Å²) in [6, 6.07) is 22.9. The molecule has 0 aliphatic rings. The second-order valence-corrected chi connectivity index (χ2v) is 6.79. The number of carbonyl (C=O) groups is 1. The third kappa shape index (κ3) is 4.60. The van der Waals surface area contributed by atoms with Crippen molar-refractivity contribution in [2.45, 2.75) is 20.1 Å². The van der Waals surface area contributed by atoms with E-state index in [4.69, 9.17) is 13.7 Å². The molecule has 0 N–H and O–H groups in total. The van der Waals surface area contributed by atoms with Crippen LogP contribution in [0.2, 0.25) is 0 Å². The molecule has 0 bridgehead atoms. The van der Waals surface area contributed by atoms with Crippen molar-refractivity contribution < 1.29 is 18.5 Å². The maximum absolute atomic E-state index is 12.8. The van der Waals surface area contributed by atoms with Crippen LogP contribution in [0.15, 0.2) is 88.0 Å². The van der Waals surface area contributed by atoms with Crippen LogP contribution in [0.4, 0.5) is 0 Å². The number of ether oxygens (including phenoxy) is 1. The smallest absolute Gasteiger partial charge is 0.276 e. The molecule has 30 heavy (non-hydrogen) atoms. The number of carbonyl (C=O) groups excluding carboxylic acids is 1. The summed E-state index contributed by atoms with van der Waals surface area (Å²) in [5.41, 5.74) is 2.38. The monoisotopic (exact) mass is 402 g/mol. The number of amides is 1. The summed E-state index contributed by atoms with van der Waals surface area (Å²) in [4.78, 5) is 14.5. The summed E-state index contributed by atoms with van der Waals surface area (Å²) in [6.45, 7) is 3.47. The van der Waals surface area contributed by atoms with Crippen LogP contribution >= 0.6 is 0 Å². The van der Waals surface area contributed by atoms with E-state index in [0.29, 0.717) is 31.2 Å². The van der Waals surface area contributed by atoms with Crippen LogP contribution < -0.4 is 4.74 Å². The largest absolute Gasteiger partial charge is 0.489 e. The van der Waals surface area contributed by atoms with Gasteiger partial charge in [0.05, 0.1) is 6.26 Å². The van der Waals surface area contributed by atoms with Gasteiger partial charge in [0.2, 0.25) is 5.76 Å². The lowest BCUT2D eigenvalue weighted by atomic mass is 10.2. The molecule has 152 valence electrons. The lowest BCUT2D eigenvalue weighted by Crippen LogP contribution is -2.30. The number of benzene rings is 2. The molecule has 0 unspecified atom stereocenters. The van der Waals surface area contributed by atoms with E-state index in [1.54, 1.807) is 29.4 Å². The number of hydrogen-bond acceptors (Lipinski definition) is 5. The van der Waals surface area contributed by atoms with Crippen molar-refractivity contribution in [1.82, 2.24) is 10.1 Å². The van der Waals surface area contributed by atoms with Gasteiger partial charge in [-0.15, -0.1) is 0 Å². The molecule has 0 fully saturated rings. The van der Waals surface area contributed by atoms with Gasteiger partial charge in [-0.3, -0.25) is 4.79 Å². The lowest BCUT2D eigenvalue weighted by molar-refractivity contribution is 0.0742. The summed E-state index contributed by atoms with van der Waals surface area (Å²) in [5.74, 6) is 1.56. The molecule has 2 heterocycles. The molecular weight excluding hydrogens is 380 g/mol. The van der Waals surface area contributed by atoms with Crippen molar-refractivity contribution in [2.24, 2.45) is 0 Å². The van der Waals surface area contributed by atoms with E-state index in [1.165, 1.54) is 0 Å². The predicted molar refractivity (Wildman–Crippen MR) is 112 cm³/mol. The molecule has 0 saturated carbocycles. The first-order chi connectivity index (χ1) is 14.7. The Labute approximate surface area is 174 Å². The Kier molecular flexibility index (Phi) is 5.94. The summed E-state index contributed by atoms with van der Waals surface area (Å²) < 4.78 is 16.4. The molecule has 2 aromatic heterocycles. The fourth-order valence-corrected chi connectivity index (χ4v) is 3.05. The first-order valence-corrected chi connectivity index (χ1v) is 9.78. The molecule has 0 saturated heterocycles. The van der Waals surface area contributed by atoms with Gasteiger partial charge in [0.1, 0.15) is 12.4 Å². The quantitative estimate of drug-likeness (QED) is 0.406. The Morgan fingerprint density at radius 2 is 1.77 bits per heavy atom. The van der Waals surface area contributed by atoms with Crippen molar-refractivity contribution in [2.75, 3.05) is 6.54 Å². The molecule has 4 aromatic rings. The fraction of sp³-hybridized carbons (Fsp3) is 0.167. The number of nitrogens with zero attached hydrogens (tertiary/aromatic N) is 2. The molecule has 1 amide bonds. The van der Waals surface area contributed by atoms with Crippen molar-refractivity contribution in [1.29, 1.82) is 0 Å². The average Bonchev–Trinajstić information content (AvgIpc) is 3.49. The Morgan fingerprint density at radius 3 is 2.47 bits per heavy atom. The van der Waals surface area contributed by atoms with Gasteiger partial charge in [0, 0.05) is 19.2 Å². The molecule has 0 spiro atoms. The predicted octanol–water partition coefficient (Wildman–Crippen LogP) is 5.18. The van der Waals surface area contributed by atoms with Crippen LogP contribution in [0.25, 0.3) is 11.5 Å². The molecular formula is C24H22N2O4. The van der Waals surface area contributed by atoms with E-state index in [1.807, 2.05) is 61.5 Å². The van der Waals surface area contributed by atoms with Crippen LogP contribution in [0.5, 0.6) is 5.75 Å². The normalized spacial score (nSPS) is 10.7. The zero-order chi connectivity index (χ0) is 20.8. The third-order valence-corrected chi connectivity index (χ3v) is 4.71. The van der Waals surface area contributed by atoms with E-state index < -0.39 is 0 Å². The van der Waals surface area contributed by atoms with Gasteiger partial charge in [-0.05, 0) is 42.3 Å². The van der Waals surface area contributed by atoms with Gasteiger partial charge < -0.3 is 18.6 Å². The highest BCUT2D eigenvalue weighted by molar-refractivity contribution is 5.93. The molecule has 6 nitrogen and oxygen atoms in total. The Bertz CT molecular complexity index is 1070. The number of furan rings is 1. The summed E-state index contributed by atoms with van der Waals surface area (Å²) >= 11 is 0. The van der Waals surface area contributed by atoms with E-state index in [9.17, 15) is 4.79 Å². The first-order valence-electron chi connectivity index (χ1n) is 9.78. The Balaban J connectivity index is 1.37. The first kappa shape index (κ1) is 19.5. The molecule has 6 heteroatoms. The highest BCUT2D eigenvalue weighted by Gasteiger charge is 2.20. The summed E-state index contributed by atoms with van der Waals surface area (Å²) in [5, 5.41) is 3.90. The number of rotatable bonds is 8. The van der Waals surface area contributed by atoms with E-state index in [-0.39, 0.29) is 11.6 Å². The van der Waals surface area contributed by atoms with Gasteiger partial charge in [-0.2, -0.15) is 0 Å². The summed E-state index contributed by atoms with van der Waals surface area (Å²) in [7, 11) is 0. The van der Waals surface area contributed by atoms with Gasteiger partial charge >= 0.3 is 0 Å². The highest BCUT2D eigenvalue weighted by atomic mass is 16.5. The van der Waals surface area contributed by atoms with Crippen molar-refractivity contribution >= 4 is 5.91 Å². The minimum atomic E-state index is -0.191.